The average molecular weight is 499 g/mol. The second-order valence-corrected chi connectivity index (χ2v) is 11.5. The van der Waals surface area contributed by atoms with E-state index < -0.39 is 32.0 Å². The van der Waals surface area contributed by atoms with Crippen LogP contribution in [0, 0.1) is 17.8 Å². The van der Waals surface area contributed by atoms with Crippen LogP contribution in [-0.2, 0) is 29.4 Å². The summed E-state index contributed by atoms with van der Waals surface area (Å²) in [4.78, 5) is 20.4. The summed E-state index contributed by atoms with van der Waals surface area (Å²) in [6.07, 6.45) is -1.01. The van der Waals surface area contributed by atoms with Gasteiger partial charge in [-0.25, -0.2) is 9.45 Å². The first-order valence-corrected chi connectivity index (χ1v) is 12.2. The number of hydrogen-bond acceptors (Lipinski definition) is 6. The lowest BCUT2D eigenvalue weighted by Gasteiger charge is -2.70. The molecule has 5 aliphatic rings. The van der Waals surface area contributed by atoms with E-state index >= 15 is 0 Å². The lowest BCUT2D eigenvalue weighted by atomic mass is 9.46. The number of rotatable bonds is 6. The van der Waals surface area contributed by atoms with Crippen LogP contribution < -0.4 is 4.52 Å². The largest absolute Gasteiger partial charge is 0.527 e. The zero-order valence-electron chi connectivity index (χ0n) is 17.1. The van der Waals surface area contributed by atoms with E-state index in [2.05, 4.69) is 4.52 Å². The maximum Gasteiger partial charge on any atom is 0.527 e. The van der Waals surface area contributed by atoms with E-state index in [1.807, 2.05) is 0 Å². The third kappa shape index (κ3) is 3.50. The topological polar surface area (TPSA) is 83.5 Å². The van der Waals surface area contributed by atoms with Gasteiger partial charge in [0.05, 0.1) is 0 Å². The third-order valence-corrected chi connectivity index (χ3v) is 8.61. The Hall–Kier alpha value is -0.870. The van der Waals surface area contributed by atoms with E-state index in [1.165, 1.54) is 24.3 Å². The van der Waals surface area contributed by atoms with E-state index in [-0.39, 0.29) is 28.0 Å². The molecule has 6 rings (SSSR count). The average Bonchev–Trinajstić information content (AvgIpc) is 2.65. The molecule has 4 atom stereocenters. The molecule has 178 valence electrons. The number of phosphoric acid groups is 1. The normalized spacial score (nSPS) is 42.0. The molecule has 12 heteroatoms. The molecule has 4 unspecified atom stereocenters. The fourth-order valence-corrected chi connectivity index (χ4v) is 7.41. The SMILES string of the molecule is COP(=O)(O)Oc1cccc(C2(OCC(F)(F)F)OOC23C2CC4CC3CC(Cl)(C4)C2)c1. The second kappa shape index (κ2) is 7.31. The van der Waals surface area contributed by atoms with Gasteiger partial charge in [-0.05, 0) is 62.0 Å². The molecular formula is C20H23ClF3O7P. The fourth-order valence-electron chi connectivity index (χ4n) is 6.36. The first kappa shape index (κ1) is 22.9. The molecule has 1 heterocycles. The van der Waals surface area contributed by atoms with E-state index in [4.69, 9.17) is 30.6 Å². The number of ether oxygens (including phenoxy) is 1. The van der Waals surface area contributed by atoms with Crippen molar-refractivity contribution in [2.45, 2.75) is 54.5 Å². The standard InChI is InChI=1S/C20H23ClF3O7P/c1-27-32(25,26)29-16-4-2-3-13(7-16)20(28-11-18(22,23)24)19(30-31-20)14-5-12-6-15(19)10-17(21,8-12)9-14/h2-4,7,12,14-15H,5-6,8-11H2,1H3,(H,25,26). The van der Waals surface area contributed by atoms with Crippen LogP contribution in [0.25, 0.3) is 0 Å². The fraction of sp³-hybridized carbons (Fsp3) is 0.700. The smallest absolute Gasteiger partial charge is 0.404 e. The van der Waals surface area contributed by atoms with Crippen LogP contribution in [0.2, 0.25) is 0 Å². The van der Waals surface area contributed by atoms with Gasteiger partial charge in [0.1, 0.15) is 12.4 Å². The molecule has 32 heavy (non-hydrogen) atoms. The number of alkyl halides is 4. The molecule has 5 fully saturated rings. The Morgan fingerprint density at radius 2 is 1.91 bits per heavy atom. The molecule has 7 nitrogen and oxygen atoms in total. The molecule has 1 aromatic rings. The van der Waals surface area contributed by atoms with Crippen LogP contribution in [0.3, 0.4) is 0 Å². The van der Waals surface area contributed by atoms with Gasteiger partial charge < -0.3 is 9.26 Å². The van der Waals surface area contributed by atoms with E-state index in [0.717, 1.165) is 26.4 Å². The monoisotopic (exact) mass is 498 g/mol. The van der Waals surface area contributed by atoms with Gasteiger partial charge in [-0.3, -0.25) is 9.42 Å². The van der Waals surface area contributed by atoms with Crippen molar-refractivity contribution in [3.63, 3.8) is 0 Å². The Kier molecular flexibility index (Phi) is 5.23. The summed E-state index contributed by atoms with van der Waals surface area (Å²) in [7, 11) is -3.37. The van der Waals surface area contributed by atoms with Crippen LogP contribution in [0.15, 0.2) is 24.3 Å². The number of benzene rings is 1. The Morgan fingerprint density at radius 3 is 2.44 bits per heavy atom. The van der Waals surface area contributed by atoms with E-state index in [1.54, 1.807) is 0 Å². The summed E-state index contributed by atoms with van der Waals surface area (Å²) in [6.45, 7) is -1.55. The van der Waals surface area contributed by atoms with Crippen molar-refractivity contribution < 1.29 is 46.2 Å². The molecule has 0 aromatic heterocycles. The van der Waals surface area contributed by atoms with Gasteiger partial charge in [-0.1, -0.05) is 12.1 Å². The molecule has 1 aromatic carbocycles. The molecule has 1 aliphatic heterocycles. The van der Waals surface area contributed by atoms with Crippen molar-refractivity contribution in [1.82, 2.24) is 0 Å². The summed E-state index contributed by atoms with van der Waals surface area (Å²) < 4.78 is 66.5. The minimum absolute atomic E-state index is 0.0755. The molecular weight excluding hydrogens is 476 g/mol. The number of halogens is 4. The predicted octanol–water partition coefficient (Wildman–Crippen LogP) is 5.06. The second-order valence-electron chi connectivity index (χ2n) is 9.24. The molecule has 4 saturated carbocycles. The minimum Gasteiger partial charge on any atom is -0.404 e. The highest BCUT2D eigenvalue weighted by Crippen LogP contribution is 2.71. The van der Waals surface area contributed by atoms with Crippen LogP contribution in [-0.4, -0.2) is 35.3 Å². The van der Waals surface area contributed by atoms with Gasteiger partial charge in [0.25, 0.3) is 5.79 Å². The predicted molar refractivity (Wildman–Crippen MR) is 105 cm³/mol. The molecule has 4 aliphatic carbocycles. The van der Waals surface area contributed by atoms with Crippen molar-refractivity contribution in [2.75, 3.05) is 13.7 Å². The molecule has 4 bridgehead atoms. The molecule has 0 amide bonds. The van der Waals surface area contributed by atoms with Crippen LogP contribution in [0.1, 0.15) is 37.7 Å². The van der Waals surface area contributed by atoms with E-state index in [9.17, 15) is 22.6 Å². The Bertz CT molecular complexity index is 943. The highest BCUT2D eigenvalue weighted by atomic mass is 35.5. The van der Waals surface area contributed by atoms with Crippen molar-refractivity contribution in [3.05, 3.63) is 29.8 Å². The Labute approximate surface area is 187 Å². The summed E-state index contributed by atoms with van der Waals surface area (Å²) in [5, 5.41) is 0. The quantitative estimate of drug-likeness (QED) is 0.333. The van der Waals surface area contributed by atoms with Crippen LogP contribution >= 0.6 is 19.4 Å². The highest BCUT2D eigenvalue weighted by molar-refractivity contribution is 7.47. The van der Waals surface area contributed by atoms with E-state index in [0.29, 0.717) is 18.8 Å². The van der Waals surface area contributed by atoms with Crippen molar-refractivity contribution in [3.8, 4) is 5.75 Å². The molecule has 1 N–H and O–H groups in total. The molecule has 1 spiro atoms. The summed E-state index contributed by atoms with van der Waals surface area (Å²) in [5.41, 5.74) is -0.936. The zero-order valence-corrected chi connectivity index (χ0v) is 18.8. The maximum atomic E-state index is 13.2. The summed E-state index contributed by atoms with van der Waals surface area (Å²) >= 11 is 6.83. The number of hydrogen-bond donors (Lipinski definition) is 1. The lowest BCUT2D eigenvalue weighted by Crippen LogP contribution is -2.78. The van der Waals surface area contributed by atoms with Gasteiger partial charge in [-0.2, -0.15) is 18.1 Å². The Morgan fingerprint density at radius 1 is 1.22 bits per heavy atom. The maximum absolute atomic E-state index is 13.2. The van der Waals surface area contributed by atoms with Crippen molar-refractivity contribution in [1.29, 1.82) is 0 Å². The van der Waals surface area contributed by atoms with Crippen molar-refractivity contribution >= 4 is 19.4 Å². The highest BCUT2D eigenvalue weighted by Gasteiger charge is 2.78. The van der Waals surface area contributed by atoms with Crippen LogP contribution in [0.4, 0.5) is 13.2 Å². The minimum atomic E-state index is -4.60. The Balaban J connectivity index is 1.56. The molecule has 1 saturated heterocycles. The van der Waals surface area contributed by atoms with Gasteiger partial charge in [0.15, 0.2) is 5.60 Å². The van der Waals surface area contributed by atoms with Crippen molar-refractivity contribution in [2.24, 2.45) is 17.8 Å². The van der Waals surface area contributed by atoms with Gasteiger partial charge in [0, 0.05) is 17.5 Å². The summed E-state index contributed by atoms with van der Waals surface area (Å²) in [5.74, 6) is -1.85. The zero-order chi connectivity index (χ0) is 23.0. The van der Waals surface area contributed by atoms with Gasteiger partial charge in [-0.15, -0.1) is 11.6 Å². The summed E-state index contributed by atoms with van der Waals surface area (Å²) in [6, 6.07) is 5.72. The lowest BCUT2D eigenvalue weighted by molar-refractivity contribution is -0.650. The van der Waals surface area contributed by atoms with Crippen LogP contribution in [0.5, 0.6) is 5.75 Å². The first-order chi connectivity index (χ1) is 14.9. The van der Waals surface area contributed by atoms with Gasteiger partial charge in [0.2, 0.25) is 0 Å². The third-order valence-electron chi connectivity index (χ3n) is 7.24. The van der Waals surface area contributed by atoms with Gasteiger partial charge >= 0.3 is 14.0 Å². The molecule has 0 radical (unpaired) electrons. The first-order valence-electron chi connectivity index (χ1n) is 10.4. The number of phosphoric ester groups is 1.